The van der Waals surface area contributed by atoms with Gasteiger partial charge < -0.3 is 24.7 Å². The summed E-state index contributed by atoms with van der Waals surface area (Å²) in [7, 11) is 0. The molecule has 0 atom stereocenters. The Balaban J connectivity index is 1.37. The summed E-state index contributed by atoms with van der Waals surface area (Å²) in [5.41, 5.74) is 2.59. The smallest absolute Gasteiger partial charge is 0.247 e. The standard InChI is InChI=1S/C28H24ClN7O3/c1-2-27(37)35-24-14-21-23(15-26(24)38-12-11-36-10-9-30-18-36)32-17-33-28(21)34-19-6-7-25(22(29)13-19)39-16-20-5-3-4-8-31-20/h2-10,13-15,17-18H,1,11-12,16H2,(H,35,37)(H,32,33,34). The quantitative estimate of drug-likeness (QED) is 0.213. The van der Waals surface area contributed by atoms with Crippen molar-refractivity contribution in [3.05, 3.63) is 103 Å². The summed E-state index contributed by atoms with van der Waals surface area (Å²) in [4.78, 5) is 29.2. The van der Waals surface area contributed by atoms with E-state index < -0.39 is 0 Å². The van der Waals surface area contributed by atoms with E-state index in [-0.39, 0.29) is 5.91 Å². The zero-order valence-electron chi connectivity index (χ0n) is 20.8. The summed E-state index contributed by atoms with van der Waals surface area (Å²) in [5.74, 6) is 1.16. The number of ether oxygens (including phenoxy) is 2. The molecule has 0 saturated heterocycles. The summed E-state index contributed by atoms with van der Waals surface area (Å²) in [5, 5.41) is 7.18. The van der Waals surface area contributed by atoms with Crippen LogP contribution < -0.4 is 20.1 Å². The van der Waals surface area contributed by atoms with Crippen molar-refractivity contribution in [2.45, 2.75) is 13.2 Å². The van der Waals surface area contributed by atoms with Crippen LogP contribution in [0.3, 0.4) is 0 Å². The molecule has 0 spiro atoms. The highest BCUT2D eigenvalue weighted by atomic mass is 35.5. The number of hydrogen-bond donors (Lipinski definition) is 2. The zero-order chi connectivity index (χ0) is 27.0. The lowest BCUT2D eigenvalue weighted by Crippen LogP contribution is -2.12. The molecular weight excluding hydrogens is 518 g/mol. The largest absolute Gasteiger partial charge is 0.489 e. The molecule has 10 nitrogen and oxygen atoms in total. The molecule has 39 heavy (non-hydrogen) atoms. The van der Waals surface area contributed by atoms with E-state index >= 15 is 0 Å². The maximum atomic E-state index is 12.1. The number of fused-ring (bicyclic) bond motifs is 1. The van der Waals surface area contributed by atoms with Crippen LogP contribution in [0.15, 0.2) is 92.4 Å². The van der Waals surface area contributed by atoms with E-state index in [0.717, 1.165) is 5.69 Å². The average Bonchev–Trinajstić information content (AvgIpc) is 3.47. The van der Waals surface area contributed by atoms with E-state index in [1.807, 2.05) is 35.0 Å². The molecule has 5 aromatic rings. The van der Waals surface area contributed by atoms with Crippen molar-refractivity contribution >= 4 is 45.6 Å². The van der Waals surface area contributed by atoms with E-state index in [1.54, 1.807) is 43.0 Å². The molecule has 0 bridgehead atoms. The fourth-order valence-corrected chi connectivity index (χ4v) is 3.97. The molecule has 0 saturated carbocycles. The first-order chi connectivity index (χ1) is 19.1. The van der Waals surface area contributed by atoms with Crippen LogP contribution in [0.1, 0.15) is 5.69 Å². The molecule has 2 aromatic carbocycles. The highest BCUT2D eigenvalue weighted by molar-refractivity contribution is 6.32. The number of amides is 1. The Kier molecular flexibility index (Phi) is 7.94. The second-order valence-corrected chi connectivity index (χ2v) is 8.72. The van der Waals surface area contributed by atoms with Crippen molar-refractivity contribution in [1.82, 2.24) is 24.5 Å². The molecule has 0 aliphatic heterocycles. The van der Waals surface area contributed by atoms with E-state index in [2.05, 4.69) is 37.1 Å². The first kappa shape index (κ1) is 25.7. The number of nitrogens with one attached hydrogen (secondary N) is 2. The second-order valence-electron chi connectivity index (χ2n) is 8.31. The molecule has 0 unspecified atom stereocenters. The van der Waals surface area contributed by atoms with Gasteiger partial charge >= 0.3 is 0 Å². The lowest BCUT2D eigenvalue weighted by atomic mass is 10.1. The number of rotatable bonds is 11. The first-order valence-corrected chi connectivity index (χ1v) is 12.4. The van der Waals surface area contributed by atoms with Gasteiger partial charge in [0, 0.05) is 35.7 Å². The Bertz CT molecular complexity index is 1590. The summed E-state index contributed by atoms with van der Waals surface area (Å²) in [6, 6.07) is 14.5. The van der Waals surface area contributed by atoms with Crippen LogP contribution in [0.4, 0.5) is 17.2 Å². The van der Waals surface area contributed by atoms with Gasteiger partial charge in [-0.05, 0) is 42.5 Å². The molecule has 2 N–H and O–H groups in total. The van der Waals surface area contributed by atoms with Crippen LogP contribution in [-0.4, -0.2) is 37.0 Å². The average molecular weight is 542 g/mol. The molecule has 1 amide bonds. The van der Waals surface area contributed by atoms with Gasteiger partial charge in [-0.25, -0.2) is 15.0 Å². The number of nitrogens with zero attached hydrogens (tertiary/aromatic N) is 5. The Morgan fingerprint density at radius 2 is 1.97 bits per heavy atom. The van der Waals surface area contributed by atoms with Crippen molar-refractivity contribution in [3.8, 4) is 11.5 Å². The number of halogens is 1. The third-order valence-electron chi connectivity index (χ3n) is 5.64. The topological polar surface area (TPSA) is 116 Å². The van der Waals surface area contributed by atoms with Crippen LogP contribution in [-0.2, 0) is 17.9 Å². The molecule has 0 aliphatic rings. The summed E-state index contributed by atoms with van der Waals surface area (Å²) >= 11 is 6.49. The van der Waals surface area contributed by atoms with Gasteiger partial charge in [0.15, 0.2) is 0 Å². The van der Waals surface area contributed by atoms with Crippen LogP contribution in [0.5, 0.6) is 11.5 Å². The number of pyridine rings is 1. The Morgan fingerprint density at radius 3 is 2.74 bits per heavy atom. The third-order valence-corrected chi connectivity index (χ3v) is 5.94. The minimum absolute atomic E-state index is 0.301. The van der Waals surface area contributed by atoms with Crippen LogP contribution in [0, 0.1) is 0 Å². The zero-order valence-corrected chi connectivity index (χ0v) is 21.5. The van der Waals surface area contributed by atoms with Gasteiger partial charge in [-0.3, -0.25) is 9.78 Å². The highest BCUT2D eigenvalue weighted by Crippen LogP contribution is 2.35. The SMILES string of the molecule is C=CC(=O)Nc1cc2c(Nc3ccc(OCc4ccccn4)c(Cl)c3)ncnc2cc1OCCn1ccnc1. The Morgan fingerprint density at radius 1 is 1.05 bits per heavy atom. The molecule has 3 heterocycles. The Hall–Kier alpha value is -4.96. The summed E-state index contributed by atoms with van der Waals surface area (Å²) < 4.78 is 13.7. The Labute approximate surface area is 229 Å². The van der Waals surface area contributed by atoms with Gasteiger partial charge in [0.2, 0.25) is 5.91 Å². The number of benzene rings is 2. The van der Waals surface area contributed by atoms with E-state index in [4.69, 9.17) is 21.1 Å². The number of aromatic nitrogens is 5. The van der Waals surface area contributed by atoms with Crippen molar-refractivity contribution in [1.29, 1.82) is 0 Å². The predicted molar refractivity (Wildman–Crippen MR) is 149 cm³/mol. The van der Waals surface area contributed by atoms with Crippen molar-refractivity contribution < 1.29 is 14.3 Å². The van der Waals surface area contributed by atoms with E-state index in [0.29, 0.717) is 64.4 Å². The molecule has 3 aromatic heterocycles. The fourth-order valence-electron chi connectivity index (χ4n) is 3.73. The van der Waals surface area contributed by atoms with Gasteiger partial charge in [-0.1, -0.05) is 24.2 Å². The predicted octanol–water partition coefficient (Wildman–Crippen LogP) is 5.40. The lowest BCUT2D eigenvalue weighted by molar-refractivity contribution is -0.111. The van der Waals surface area contributed by atoms with Crippen molar-refractivity contribution in [2.24, 2.45) is 0 Å². The molecule has 0 radical (unpaired) electrons. The number of hydrogen-bond acceptors (Lipinski definition) is 8. The van der Waals surface area contributed by atoms with Crippen molar-refractivity contribution in [3.63, 3.8) is 0 Å². The maximum Gasteiger partial charge on any atom is 0.247 e. The minimum atomic E-state index is -0.367. The monoisotopic (exact) mass is 541 g/mol. The van der Waals surface area contributed by atoms with Crippen LogP contribution >= 0.6 is 11.6 Å². The van der Waals surface area contributed by atoms with Crippen LogP contribution in [0.25, 0.3) is 10.9 Å². The number of carbonyl (C=O) groups excluding carboxylic acids is 1. The second kappa shape index (κ2) is 12.1. The molecule has 196 valence electrons. The molecule has 0 fully saturated rings. The summed E-state index contributed by atoms with van der Waals surface area (Å²) in [6.45, 7) is 4.79. The van der Waals surface area contributed by atoms with Gasteiger partial charge in [0.1, 0.15) is 36.9 Å². The van der Waals surface area contributed by atoms with Gasteiger partial charge in [-0.15, -0.1) is 0 Å². The van der Waals surface area contributed by atoms with Crippen LogP contribution in [0.2, 0.25) is 5.02 Å². The maximum absolute atomic E-state index is 12.1. The third kappa shape index (κ3) is 6.49. The van der Waals surface area contributed by atoms with Crippen molar-refractivity contribution in [2.75, 3.05) is 17.2 Å². The minimum Gasteiger partial charge on any atom is -0.489 e. The molecule has 0 aliphatic carbocycles. The summed E-state index contributed by atoms with van der Waals surface area (Å²) in [6.07, 6.45) is 9.62. The fraction of sp³-hybridized carbons (Fsp3) is 0.107. The van der Waals surface area contributed by atoms with Gasteiger partial charge in [0.05, 0.1) is 34.8 Å². The molecular formula is C28H24ClN7O3. The molecule has 11 heteroatoms. The van der Waals surface area contributed by atoms with E-state index in [9.17, 15) is 4.79 Å². The van der Waals surface area contributed by atoms with E-state index in [1.165, 1.54) is 12.4 Å². The van der Waals surface area contributed by atoms with Gasteiger partial charge in [0.25, 0.3) is 0 Å². The number of imidazole rings is 1. The highest BCUT2D eigenvalue weighted by Gasteiger charge is 2.14. The molecule has 5 rings (SSSR count). The normalized spacial score (nSPS) is 10.7. The van der Waals surface area contributed by atoms with Gasteiger partial charge in [-0.2, -0.15) is 0 Å². The lowest BCUT2D eigenvalue weighted by Gasteiger charge is -2.15. The first-order valence-electron chi connectivity index (χ1n) is 12.0. The number of anilines is 3. The number of carbonyl (C=O) groups is 1.